The number of hydrogen-bond acceptors (Lipinski definition) is 6. The minimum absolute atomic E-state index is 0.0625. The van der Waals surface area contributed by atoms with Gasteiger partial charge in [0, 0.05) is 47.5 Å². The molecule has 0 radical (unpaired) electrons. The minimum atomic E-state index is -5.02. The van der Waals surface area contributed by atoms with E-state index in [-0.39, 0.29) is 17.6 Å². The standard InChI is InChI=1S/C30H23Cl2F6N3O3S/c1-43-25-10-17(2-5-24(25)44-16-18-3-4-19(29(33,34)35)12-23(18)30(36,37)38)11-26-27(42)39-28(45-26)41-8-6-40(7-9-41)22-14-20(31)13-21(32)15-22/h2-5,10-15H,6-9,16H2,1H3/b26-11-. The van der Waals surface area contributed by atoms with Gasteiger partial charge in [-0.2, -0.15) is 31.3 Å². The van der Waals surface area contributed by atoms with Gasteiger partial charge in [-0.15, -0.1) is 0 Å². The Morgan fingerprint density at radius 3 is 2.16 bits per heavy atom. The fourth-order valence-electron chi connectivity index (χ4n) is 4.75. The van der Waals surface area contributed by atoms with Crippen LogP contribution in [0.15, 0.2) is 64.5 Å². The predicted molar refractivity (Wildman–Crippen MR) is 162 cm³/mol. The van der Waals surface area contributed by atoms with Gasteiger partial charge in [0.15, 0.2) is 16.7 Å². The third-order valence-electron chi connectivity index (χ3n) is 6.98. The van der Waals surface area contributed by atoms with Crippen LogP contribution in [0.4, 0.5) is 32.0 Å². The average molecular weight is 690 g/mol. The highest BCUT2D eigenvalue weighted by Crippen LogP contribution is 2.39. The van der Waals surface area contributed by atoms with E-state index in [2.05, 4.69) is 9.89 Å². The molecule has 0 atom stereocenters. The summed E-state index contributed by atoms with van der Waals surface area (Å²) in [5, 5.41) is 1.66. The second-order valence-electron chi connectivity index (χ2n) is 9.98. The molecule has 1 fully saturated rings. The van der Waals surface area contributed by atoms with E-state index in [1.54, 1.807) is 18.2 Å². The lowest BCUT2D eigenvalue weighted by Gasteiger charge is -2.36. The number of benzene rings is 3. The van der Waals surface area contributed by atoms with Crippen molar-refractivity contribution in [3.8, 4) is 11.5 Å². The number of aliphatic imine (C=N–C) groups is 1. The number of carbonyl (C=O) groups is 1. The second kappa shape index (κ2) is 13.1. The molecule has 0 aliphatic carbocycles. The molecule has 0 saturated carbocycles. The summed E-state index contributed by atoms with van der Waals surface area (Å²) < 4.78 is 90.4. The molecule has 2 heterocycles. The molecule has 5 rings (SSSR count). The van der Waals surface area contributed by atoms with Gasteiger partial charge in [-0.1, -0.05) is 35.3 Å². The molecule has 45 heavy (non-hydrogen) atoms. The summed E-state index contributed by atoms with van der Waals surface area (Å²) in [6, 6.07) is 11.3. The third kappa shape index (κ3) is 7.82. The molecule has 0 spiro atoms. The van der Waals surface area contributed by atoms with Crippen molar-refractivity contribution < 1.29 is 40.6 Å². The fourth-order valence-corrected chi connectivity index (χ4v) is 6.23. The van der Waals surface area contributed by atoms with Crippen molar-refractivity contribution in [3.05, 3.63) is 91.8 Å². The molecule has 15 heteroatoms. The molecule has 6 nitrogen and oxygen atoms in total. The SMILES string of the molecule is COc1cc(/C=C2\SC(N3CCN(c4cc(Cl)cc(Cl)c4)CC3)=NC2=O)ccc1OCc1ccc(C(F)(F)F)cc1C(F)(F)F. The molecule has 3 aromatic rings. The molecule has 3 aromatic carbocycles. The Hall–Kier alpha value is -3.55. The quantitative estimate of drug-likeness (QED) is 0.191. The van der Waals surface area contributed by atoms with E-state index in [0.29, 0.717) is 57.9 Å². The maximum absolute atomic E-state index is 13.5. The van der Waals surface area contributed by atoms with Gasteiger partial charge in [0.05, 0.1) is 23.1 Å². The normalized spacial score (nSPS) is 16.8. The summed E-state index contributed by atoms with van der Waals surface area (Å²) in [6.45, 7) is 1.90. The molecule has 0 aromatic heterocycles. The van der Waals surface area contributed by atoms with Crippen molar-refractivity contribution in [2.75, 3.05) is 38.2 Å². The Morgan fingerprint density at radius 1 is 0.867 bits per heavy atom. The maximum Gasteiger partial charge on any atom is 0.416 e. The van der Waals surface area contributed by atoms with Crippen molar-refractivity contribution in [1.82, 2.24) is 4.90 Å². The van der Waals surface area contributed by atoms with Crippen LogP contribution in [0, 0.1) is 0 Å². The highest BCUT2D eigenvalue weighted by Gasteiger charge is 2.38. The maximum atomic E-state index is 13.5. The van der Waals surface area contributed by atoms with E-state index < -0.39 is 41.6 Å². The third-order valence-corrected chi connectivity index (χ3v) is 8.46. The van der Waals surface area contributed by atoms with Gasteiger partial charge >= 0.3 is 12.4 Å². The number of carbonyl (C=O) groups excluding carboxylic acids is 1. The van der Waals surface area contributed by atoms with Crippen LogP contribution in [0.1, 0.15) is 22.3 Å². The Balaban J connectivity index is 1.24. The smallest absolute Gasteiger partial charge is 0.416 e. The van der Waals surface area contributed by atoms with E-state index in [1.165, 1.54) is 31.0 Å². The van der Waals surface area contributed by atoms with Crippen molar-refractivity contribution >= 4 is 57.8 Å². The van der Waals surface area contributed by atoms with Crippen LogP contribution in [0.3, 0.4) is 0 Å². The first kappa shape index (κ1) is 32.8. The van der Waals surface area contributed by atoms with E-state index in [0.717, 1.165) is 11.8 Å². The van der Waals surface area contributed by atoms with E-state index >= 15 is 0 Å². The van der Waals surface area contributed by atoms with E-state index in [4.69, 9.17) is 32.7 Å². The average Bonchev–Trinajstić information content (AvgIpc) is 3.34. The van der Waals surface area contributed by atoms with Gasteiger partial charge < -0.3 is 19.3 Å². The van der Waals surface area contributed by atoms with Crippen LogP contribution >= 0.6 is 35.0 Å². The van der Waals surface area contributed by atoms with Gasteiger partial charge in [0.1, 0.15) is 6.61 Å². The second-order valence-corrected chi connectivity index (χ2v) is 11.9. The molecule has 0 N–H and O–H groups in total. The number of halogens is 8. The minimum Gasteiger partial charge on any atom is -0.493 e. The summed E-state index contributed by atoms with van der Waals surface area (Å²) in [6.07, 6.45) is -8.35. The van der Waals surface area contributed by atoms with Crippen molar-refractivity contribution in [2.24, 2.45) is 4.99 Å². The molecule has 1 amide bonds. The molecule has 2 aliphatic heterocycles. The number of anilines is 1. The van der Waals surface area contributed by atoms with Gasteiger partial charge in [-0.3, -0.25) is 4.79 Å². The van der Waals surface area contributed by atoms with Crippen molar-refractivity contribution in [2.45, 2.75) is 19.0 Å². The van der Waals surface area contributed by atoms with Crippen LogP contribution in [-0.2, 0) is 23.8 Å². The lowest BCUT2D eigenvalue weighted by Crippen LogP contribution is -2.47. The van der Waals surface area contributed by atoms with E-state index in [9.17, 15) is 31.1 Å². The number of amidine groups is 1. The van der Waals surface area contributed by atoms with E-state index in [1.807, 2.05) is 17.0 Å². The largest absolute Gasteiger partial charge is 0.493 e. The number of amides is 1. The molecular weight excluding hydrogens is 667 g/mol. The van der Waals surface area contributed by atoms with Crippen LogP contribution in [0.25, 0.3) is 6.08 Å². The first-order valence-electron chi connectivity index (χ1n) is 13.3. The van der Waals surface area contributed by atoms with Crippen molar-refractivity contribution in [1.29, 1.82) is 0 Å². The van der Waals surface area contributed by atoms with Crippen molar-refractivity contribution in [3.63, 3.8) is 0 Å². The van der Waals surface area contributed by atoms with Gasteiger partial charge in [0.2, 0.25) is 0 Å². The summed E-state index contributed by atoms with van der Waals surface area (Å²) >= 11 is 13.5. The Kier molecular flexibility index (Phi) is 9.52. The molecule has 1 saturated heterocycles. The van der Waals surface area contributed by atoms with Gasteiger partial charge in [0.25, 0.3) is 5.91 Å². The number of hydrogen-bond donors (Lipinski definition) is 0. The zero-order valence-corrected chi connectivity index (χ0v) is 25.6. The lowest BCUT2D eigenvalue weighted by molar-refractivity contribution is -0.143. The monoisotopic (exact) mass is 689 g/mol. The summed E-state index contributed by atoms with van der Waals surface area (Å²) in [5.74, 6) is -0.201. The summed E-state index contributed by atoms with van der Waals surface area (Å²) in [7, 11) is 1.33. The number of nitrogens with zero attached hydrogens (tertiary/aromatic N) is 3. The molecular formula is C30H23Cl2F6N3O3S. The molecule has 0 unspecified atom stereocenters. The zero-order valence-electron chi connectivity index (χ0n) is 23.3. The number of piperazine rings is 1. The van der Waals surface area contributed by atoms with Crippen LogP contribution in [0.2, 0.25) is 10.0 Å². The molecule has 0 bridgehead atoms. The first-order valence-corrected chi connectivity index (χ1v) is 14.9. The van der Waals surface area contributed by atoms with Crippen LogP contribution < -0.4 is 14.4 Å². The lowest BCUT2D eigenvalue weighted by atomic mass is 10.0. The zero-order chi connectivity index (χ0) is 32.5. The number of alkyl halides is 6. The Labute approximate surface area is 268 Å². The van der Waals surface area contributed by atoms with Gasteiger partial charge in [-0.25, -0.2) is 0 Å². The number of ether oxygens (including phenoxy) is 2. The van der Waals surface area contributed by atoms with Crippen LogP contribution in [-0.4, -0.2) is 49.3 Å². The number of methoxy groups -OCH3 is 1. The number of thioether (sulfide) groups is 1. The summed E-state index contributed by atoms with van der Waals surface area (Å²) in [5.41, 5.74) is -1.88. The van der Waals surface area contributed by atoms with Crippen LogP contribution in [0.5, 0.6) is 11.5 Å². The Bertz CT molecular complexity index is 1650. The molecule has 238 valence electrons. The predicted octanol–water partition coefficient (Wildman–Crippen LogP) is 8.41. The molecule has 2 aliphatic rings. The topological polar surface area (TPSA) is 54.4 Å². The highest BCUT2D eigenvalue weighted by molar-refractivity contribution is 8.18. The summed E-state index contributed by atoms with van der Waals surface area (Å²) in [4.78, 5) is 21.4. The fraction of sp³-hybridized carbons (Fsp3) is 0.267. The Morgan fingerprint density at radius 2 is 1.53 bits per heavy atom. The number of rotatable bonds is 6. The van der Waals surface area contributed by atoms with Gasteiger partial charge in [-0.05, 0) is 65.9 Å². The highest BCUT2D eigenvalue weighted by atomic mass is 35.5. The first-order chi connectivity index (χ1) is 21.2.